The third-order valence-electron chi connectivity index (χ3n) is 0.528. The minimum atomic E-state index is -3.19. The summed E-state index contributed by atoms with van der Waals surface area (Å²) >= 11 is 5.20. The summed E-state index contributed by atoms with van der Waals surface area (Å²) in [6, 6.07) is 0. The molecule has 0 saturated carbocycles. The molecule has 0 saturated heterocycles. The van der Waals surface area contributed by atoms with Crippen LogP contribution in [0.3, 0.4) is 0 Å². The van der Waals surface area contributed by atoms with Crippen LogP contribution in [0.15, 0.2) is 0 Å². The third-order valence-corrected chi connectivity index (χ3v) is 2.08. The van der Waals surface area contributed by atoms with Crippen LogP contribution in [-0.4, -0.2) is 20.1 Å². The Bertz CT molecular complexity index is 139. The maximum atomic E-state index is 10.1. The van der Waals surface area contributed by atoms with Gasteiger partial charge in [-0.25, -0.2) is 0 Å². The zero-order chi connectivity index (χ0) is 6.62. The van der Waals surface area contributed by atoms with Gasteiger partial charge in [-0.1, -0.05) is 0 Å². The zero-order valence-electron chi connectivity index (χ0n) is 4.13. The van der Waals surface area contributed by atoms with Crippen molar-refractivity contribution >= 4 is 20.7 Å². The first-order chi connectivity index (χ1) is 3.56. The zero-order valence-corrected chi connectivity index (χ0v) is 6.52. The summed E-state index contributed by atoms with van der Waals surface area (Å²) < 4.78 is 20.3. The van der Waals surface area contributed by atoms with Crippen LogP contribution in [0, 0.1) is 10.7 Å². The molecule has 5 heteroatoms. The van der Waals surface area contributed by atoms with Crippen LogP contribution in [0.5, 0.6) is 0 Å². The fraction of sp³-hybridized carbons (Fsp3) is 1.00. The molecule has 0 unspecified atom stereocenters. The topological polar surface area (TPSA) is 34.1 Å². The van der Waals surface area contributed by atoms with Gasteiger partial charge in [-0.15, -0.1) is 11.6 Å². The molecule has 0 N–H and O–H groups in total. The summed E-state index contributed by atoms with van der Waals surface area (Å²) in [5.74, 6) is 0.377. The molecule has 0 fully saturated rings. The lowest BCUT2D eigenvalue weighted by Crippen LogP contribution is -2.00. The van der Waals surface area contributed by atoms with Crippen molar-refractivity contribution in [3.05, 3.63) is 0 Å². The van der Waals surface area contributed by atoms with Gasteiger partial charge in [0, 0.05) is 5.88 Å². The Labute approximate surface area is 58.2 Å². The maximum absolute atomic E-state index is 10.1. The van der Waals surface area contributed by atoms with Gasteiger partial charge in [0.25, 0.3) is 0 Å². The van der Waals surface area contributed by atoms with E-state index in [0.717, 1.165) is 0 Å². The van der Waals surface area contributed by atoms with Gasteiger partial charge in [0.1, 0.15) is 5.75 Å². The number of alkyl halides is 1. The second kappa shape index (κ2) is 3.54. The average Bonchev–Trinajstić information content (AvgIpc) is 1.59. The molecule has 0 aromatic heterocycles. The van der Waals surface area contributed by atoms with E-state index >= 15 is 0 Å². The largest absolute Gasteiger partial charge is 0.379 e. The monoisotopic (exact) mass is 177 g/mol. The van der Waals surface area contributed by atoms with Crippen LogP contribution in [-0.2, 0) is 9.05 Å². The van der Waals surface area contributed by atoms with E-state index in [0.29, 0.717) is 12.3 Å². The smallest absolute Gasteiger partial charge is 0.168 e. The minimum absolute atomic E-state index is 0.0197. The van der Waals surface area contributed by atoms with Crippen molar-refractivity contribution in [1.29, 1.82) is 0 Å². The highest BCUT2D eigenvalue weighted by molar-refractivity contribution is 7.84. The van der Waals surface area contributed by atoms with Gasteiger partial charge in [-0.2, -0.15) is 8.42 Å². The van der Waals surface area contributed by atoms with E-state index in [2.05, 4.69) is 10.7 Å². The van der Waals surface area contributed by atoms with Crippen molar-refractivity contribution in [3.8, 4) is 0 Å². The fourth-order valence-corrected chi connectivity index (χ4v) is 1.37. The summed E-state index contributed by atoms with van der Waals surface area (Å²) in [5.41, 5.74) is 0. The van der Waals surface area contributed by atoms with Crippen molar-refractivity contribution in [2.24, 2.45) is 0 Å². The van der Waals surface area contributed by atoms with Gasteiger partial charge >= 0.3 is 9.05 Å². The van der Waals surface area contributed by atoms with Crippen LogP contribution in [0.25, 0.3) is 0 Å². The van der Waals surface area contributed by atoms with Crippen molar-refractivity contribution in [2.75, 3.05) is 11.6 Å². The Morgan fingerprint density at radius 3 is 2.12 bits per heavy atom. The normalized spacial score (nSPS) is 11.8. The molecule has 0 amide bonds. The molecule has 2 nitrogen and oxygen atoms in total. The Morgan fingerprint density at radius 2 is 2.00 bits per heavy atom. The Morgan fingerprint density at radius 1 is 1.50 bits per heavy atom. The molecule has 8 heavy (non-hydrogen) atoms. The van der Waals surface area contributed by atoms with Crippen molar-refractivity contribution < 1.29 is 19.1 Å². The van der Waals surface area contributed by atoms with Crippen LogP contribution in [0.2, 0.25) is 0 Å². The molecule has 0 radical (unpaired) electrons. The average molecular weight is 178 g/mol. The molecule has 0 aromatic carbocycles. The molecule has 0 aliphatic heterocycles. The van der Waals surface area contributed by atoms with Crippen molar-refractivity contribution in [1.82, 2.24) is 0 Å². The number of rotatable bonds is 3. The van der Waals surface area contributed by atoms with E-state index in [1.54, 1.807) is 0 Å². The van der Waals surface area contributed by atoms with E-state index in [1.807, 2.05) is 0 Å². The van der Waals surface area contributed by atoms with Gasteiger partial charge in [-0.3, -0.25) is 0 Å². The van der Waals surface area contributed by atoms with Crippen LogP contribution >= 0.6 is 11.6 Å². The molecule has 0 aliphatic carbocycles. The molecule has 0 spiro atoms. The predicted octanol–water partition coefficient (Wildman–Crippen LogP) is 0.227. The summed E-state index contributed by atoms with van der Waals surface area (Å²) in [6.07, 6.45) is 0.452. The van der Waals surface area contributed by atoms with E-state index in [-0.39, 0.29) is 5.75 Å². The van der Waals surface area contributed by atoms with Gasteiger partial charge < -0.3 is 0 Å². The third kappa shape index (κ3) is 6.53. The summed E-state index contributed by atoms with van der Waals surface area (Å²) in [5, 5.41) is 0. The van der Waals surface area contributed by atoms with Crippen LogP contribution in [0.4, 0.5) is 0 Å². The van der Waals surface area contributed by atoms with Crippen molar-refractivity contribution in [3.63, 3.8) is 0 Å². The van der Waals surface area contributed by atoms with Gasteiger partial charge in [0.05, 0.1) is 0 Å². The SMILES string of the molecule is O=S(=O)([ClH+])CCCCl. The summed E-state index contributed by atoms with van der Waals surface area (Å²) in [6.45, 7) is 0. The second-order valence-electron chi connectivity index (χ2n) is 1.30. The molecule has 50 valence electrons. The van der Waals surface area contributed by atoms with Gasteiger partial charge in [0.15, 0.2) is 0 Å². The maximum Gasteiger partial charge on any atom is 0.379 e. The lowest BCUT2D eigenvalue weighted by molar-refractivity contribution is -0.164. The first-order valence-corrected chi connectivity index (χ1v) is 5.17. The molecule has 0 heterocycles. The second-order valence-corrected chi connectivity index (χ2v) is 4.73. The lowest BCUT2D eigenvalue weighted by atomic mass is 10.6. The van der Waals surface area contributed by atoms with Crippen LogP contribution in [0.1, 0.15) is 6.42 Å². The lowest BCUT2D eigenvalue weighted by Gasteiger charge is -1.81. The number of halogens is 2. The Hall–Kier alpha value is 0.530. The molecule has 0 bridgehead atoms. The predicted molar refractivity (Wildman–Crippen MR) is 30.5 cm³/mol. The molecule has 0 aliphatic rings. The van der Waals surface area contributed by atoms with E-state index in [4.69, 9.17) is 11.6 Å². The van der Waals surface area contributed by atoms with Crippen LogP contribution < -0.4 is 0 Å². The van der Waals surface area contributed by atoms with Crippen molar-refractivity contribution in [2.45, 2.75) is 6.42 Å². The fourth-order valence-electron chi connectivity index (χ4n) is 0.231. The quantitative estimate of drug-likeness (QED) is 0.457. The number of hydrogen-bond donors (Lipinski definition) is 0. The highest BCUT2D eigenvalue weighted by Crippen LogP contribution is 1.90. The molecule has 0 atom stereocenters. The molecule has 0 aromatic rings. The minimum Gasteiger partial charge on any atom is -0.168 e. The van der Waals surface area contributed by atoms with E-state index in [9.17, 15) is 8.42 Å². The Kier molecular flexibility index (Phi) is 3.77. The van der Waals surface area contributed by atoms with E-state index < -0.39 is 9.05 Å². The van der Waals surface area contributed by atoms with E-state index in [1.165, 1.54) is 0 Å². The summed E-state index contributed by atoms with van der Waals surface area (Å²) in [7, 11) is 0.877. The highest BCUT2D eigenvalue weighted by Gasteiger charge is 2.11. The first kappa shape index (κ1) is 8.53. The Balaban J connectivity index is 3.42. The number of hydrogen-bond acceptors (Lipinski definition) is 2. The summed E-state index contributed by atoms with van der Waals surface area (Å²) in [4.78, 5) is 0. The highest BCUT2D eigenvalue weighted by atomic mass is 35.7. The molecular formula is C3H7Cl2O2S+. The van der Waals surface area contributed by atoms with Gasteiger partial charge in [-0.05, 0) is 6.42 Å². The molecular weight excluding hydrogens is 171 g/mol. The standard InChI is InChI=1S/C3H7Cl2O2S/c4-2-1-3-8(5,6)7/h5H,1-3H2/q+1. The van der Waals surface area contributed by atoms with Gasteiger partial charge in [0.2, 0.25) is 10.7 Å². The molecule has 0 rings (SSSR count). The first-order valence-electron chi connectivity index (χ1n) is 2.06.